The first-order valence-electron chi connectivity index (χ1n) is 26.2. The second-order valence-electron chi connectivity index (χ2n) is 18.7. The minimum Gasteiger partial charge on any atom is -0.479 e. The fourth-order valence-corrected chi connectivity index (χ4v) is 7.89. The number of aliphatic carboxylic acids is 1. The third kappa shape index (κ3) is 25.7. The number of carboxylic acids is 1. The molecule has 0 bridgehead atoms. The van der Waals surface area contributed by atoms with E-state index in [0.29, 0.717) is 6.42 Å². The molecule has 0 aromatic rings. The Hall–Kier alpha value is -6.12. The van der Waals surface area contributed by atoms with Gasteiger partial charge in [0, 0.05) is 6.61 Å². The number of hydrogen-bond acceptors (Lipinski definition) is 20. The van der Waals surface area contributed by atoms with Crippen LogP contribution in [0, 0.1) is 0 Å². The molecule has 1 fully saturated rings. The molecule has 0 aromatic heterocycles. The number of esters is 1. The lowest BCUT2D eigenvalue weighted by Crippen LogP contribution is -2.62. The SMILES string of the molecule is C/C=C1\NC(=O)[C@H]([C@H](C)O)NC(=O)[C@H](CCCN)NC(=O)[C@@H](CCO)NC(=O)[C@H](CCN)NC(=O)[C@@H](CCN)NC(=O)[C@@H](NC(=O)CC(O)CCCCCCCCC)COC(=O)[C@H]([C@H](O)CCl)NC(=O)[C@H](C(O)C(=O)O)NC1=O. The molecule has 9 amide bonds. The number of carboxylic acid groups (broad SMARTS) is 1. The van der Waals surface area contributed by atoms with Crippen molar-refractivity contribution < 1.29 is 88.1 Å². The highest BCUT2D eigenvalue weighted by Gasteiger charge is 2.40. The predicted molar refractivity (Wildman–Crippen MR) is 281 cm³/mol. The molecule has 12 atom stereocenters. The molecule has 0 aromatic carbocycles. The minimum atomic E-state index is -2.81. The van der Waals surface area contributed by atoms with Crippen molar-refractivity contribution in [1.29, 1.82) is 0 Å². The first-order valence-corrected chi connectivity index (χ1v) is 26.8. The van der Waals surface area contributed by atoms with E-state index in [2.05, 4.69) is 44.1 Å². The van der Waals surface area contributed by atoms with Gasteiger partial charge in [-0.2, -0.15) is 0 Å². The molecular weight excluding hydrogens is 1070 g/mol. The van der Waals surface area contributed by atoms with Gasteiger partial charge >= 0.3 is 11.9 Å². The van der Waals surface area contributed by atoms with Gasteiger partial charge < -0.3 is 100 Å². The second kappa shape index (κ2) is 38.5. The highest BCUT2D eigenvalue weighted by molar-refractivity contribution is 6.18. The Labute approximate surface area is 462 Å². The molecule has 1 aliphatic rings. The summed E-state index contributed by atoms with van der Waals surface area (Å²) in [6, 6.07) is -15.0. The van der Waals surface area contributed by atoms with Crippen LogP contribution in [0.1, 0.15) is 111 Å². The standard InChI is InChI=1S/C48H83ClN12O18/c1-4-6-7-8-9-10-11-13-26(64)22-34(66)53-32-24-79-48(78)36(33(65)23-49)60-46(75)37(38(67)47(76)77)61-39(68)27(5-2)54-45(74)35(25(3)63)59-43(72)28(14-12-18-50)55-42(71)31(17-21-62)58-41(70)29(15-19-51)56-40(69)30(16-20-52)57-44(32)73/h5,25-26,28-33,35-38,62-65,67H,4,6-24,50-52H2,1-3H3,(H,53,66)(H,54,74)(H,55,71)(H,56,69)(H,57,73)(H,58,70)(H,59,72)(H,60,75)(H,61,68)(H,76,77)/b27-5-/t25-,26?,28-,29-,30+,31+,32-,33+,35-,36-,37-,38?/m0/s1. The van der Waals surface area contributed by atoms with E-state index in [1.54, 1.807) is 0 Å². The zero-order valence-corrected chi connectivity index (χ0v) is 45.6. The van der Waals surface area contributed by atoms with E-state index in [1.165, 1.54) is 6.92 Å². The van der Waals surface area contributed by atoms with Crippen molar-refractivity contribution >= 4 is 76.7 Å². The molecule has 30 nitrogen and oxygen atoms in total. The van der Waals surface area contributed by atoms with E-state index < -0.39 is 175 Å². The summed E-state index contributed by atoms with van der Waals surface area (Å²) in [6.07, 6.45) is -2.07. The molecule has 1 saturated heterocycles. The second-order valence-corrected chi connectivity index (χ2v) is 19.0. The number of nitrogens with two attached hydrogens (primary N) is 3. The van der Waals surface area contributed by atoms with Gasteiger partial charge in [-0.15, -0.1) is 11.6 Å². The molecule has 1 aliphatic heterocycles. The molecule has 2 unspecified atom stereocenters. The Morgan fingerprint density at radius 2 is 1.16 bits per heavy atom. The number of carbonyl (C=O) groups is 11. The lowest BCUT2D eigenvalue weighted by atomic mass is 10.0. The zero-order chi connectivity index (χ0) is 59.8. The van der Waals surface area contributed by atoms with E-state index in [9.17, 15) is 83.4 Å². The molecule has 1 heterocycles. The quantitative estimate of drug-likeness (QED) is 0.0175. The van der Waals surface area contributed by atoms with E-state index in [1.807, 2.05) is 10.6 Å². The molecular formula is C48H83ClN12O18. The normalized spacial score (nSPS) is 25.2. The summed E-state index contributed by atoms with van der Waals surface area (Å²) < 4.78 is 5.28. The fourth-order valence-electron chi connectivity index (χ4n) is 7.72. The van der Waals surface area contributed by atoms with Gasteiger partial charge in [-0.1, -0.05) is 57.9 Å². The predicted octanol–water partition coefficient (Wildman–Crippen LogP) is -6.42. The Morgan fingerprint density at radius 3 is 1.66 bits per heavy atom. The lowest BCUT2D eigenvalue weighted by Gasteiger charge is -2.28. The van der Waals surface area contributed by atoms with Crippen LogP contribution in [0.2, 0.25) is 0 Å². The average Bonchev–Trinajstić information content (AvgIpc) is 3.40. The maximum atomic E-state index is 14.1. The van der Waals surface area contributed by atoms with Crippen molar-refractivity contribution in [1.82, 2.24) is 47.9 Å². The molecule has 0 saturated carbocycles. The summed E-state index contributed by atoms with van der Waals surface area (Å²) in [4.78, 5) is 150. The summed E-state index contributed by atoms with van der Waals surface area (Å²) in [6.45, 7) is 1.93. The molecule has 1 rings (SSSR count). The van der Waals surface area contributed by atoms with Crippen LogP contribution in [0.3, 0.4) is 0 Å². The van der Waals surface area contributed by atoms with Crippen molar-refractivity contribution in [3.8, 4) is 0 Å². The number of alkyl halides is 1. The highest BCUT2D eigenvalue weighted by Crippen LogP contribution is 2.13. The number of aliphatic hydroxyl groups excluding tert-OH is 5. The number of hydrogen-bond donors (Lipinski definition) is 18. The monoisotopic (exact) mass is 1150 g/mol. The minimum absolute atomic E-state index is 0.0188. The van der Waals surface area contributed by atoms with Crippen molar-refractivity contribution in [2.45, 2.75) is 183 Å². The van der Waals surface area contributed by atoms with Gasteiger partial charge in [-0.3, -0.25) is 43.2 Å². The Balaban J connectivity index is 3.99. The van der Waals surface area contributed by atoms with Crippen molar-refractivity contribution in [2.75, 3.05) is 38.7 Å². The van der Waals surface area contributed by atoms with Crippen LogP contribution in [0.5, 0.6) is 0 Å². The average molecular weight is 1150 g/mol. The molecule has 0 radical (unpaired) electrons. The number of amides is 9. The number of halogens is 1. The van der Waals surface area contributed by atoms with Gasteiger partial charge in [0.05, 0.1) is 30.6 Å². The fraction of sp³-hybridized carbons (Fsp3) is 0.729. The number of carbonyl (C=O) groups excluding carboxylic acids is 10. The number of rotatable bonds is 25. The van der Waals surface area contributed by atoms with Gasteiger partial charge in [0.25, 0.3) is 5.91 Å². The van der Waals surface area contributed by atoms with Crippen molar-refractivity contribution in [3.05, 3.63) is 11.8 Å². The van der Waals surface area contributed by atoms with Crippen molar-refractivity contribution in [2.24, 2.45) is 17.2 Å². The maximum absolute atomic E-state index is 14.1. The van der Waals surface area contributed by atoms with Crippen LogP contribution in [-0.4, -0.2) is 207 Å². The summed E-state index contributed by atoms with van der Waals surface area (Å²) in [7, 11) is 0. The number of nitrogens with one attached hydrogen (secondary N) is 9. The van der Waals surface area contributed by atoms with Crippen LogP contribution in [0.4, 0.5) is 0 Å². The van der Waals surface area contributed by atoms with Crippen LogP contribution >= 0.6 is 11.6 Å². The number of ether oxygens (including phenoxy) is 1. The first-order chi connectivity index (χ1) is 37.4. The Kier molecular flexibility index (Phi) is 34.5. The highest BCUT2D eigenvalue weighted by atomic mass is 35.5. The summed E-state index contributed by atoms with van der Waals surface area (Å²) >= 11 is 5.85. The molecule has 31 heteroatoms. The van der Waals surface area contributed by atoms with E-state index >= 15 is 0 Å². The zero-order valence-electron chi connectivity index (χ0n) is 44.8. The van der Waals surface area contributed by atoms with E-state index in [0.717, 1.165) is 51.5 Å². The summed E-state index contributed by atoms with van der Waals surface area (Å²) in [5.41, 5.74) is 16.5. The lowest BCUT2D eigenvalue weighted by molar-refractivity contribution is -0.155. The molecule has 450 valence electrons. The van der Waals surface area contributed by atoms with Gasteiger partial charge in [0.1, 0.15) is 54.6 Å². The number of aliphatic hydroxyl groups is 5. The van der Waals surface area contributed by atoms with Crippen molar-refractivity contribution in [3.63, 3.8) is 0 Å². The smallest absolute Gasteiger partial charge is 0.335 e. The molecule has 0 spiro atoms. The van der Waals surface area contributed by atoms with E-state index in [4.69, 9.17) is 33.5 Å². The third-order valence-electron chi connectivity index (χ3n) is 12.2. The van der Waals surface area contributed by atoms with Gasteiger partial charge in [-0.05, 0) is 72.0 Å². The van der Waals surface area contributed by atoms with Crippen LogP contribution in [0.15, 0.2) is 11.8 Å². The first kappa shape index (κ1) is 70.9. The molecule has 79 heavy (non-hydrogen) atoms. The number of allylic oxidation sites excluding steroid dienone is 1. The van der Waals surface area contributed by atoms with Gasteiger partial charge in [0.15, 0.2) is 12.1 Å². The Bertz CT molecular complexity index is 2060. The molecule has 21 N–H and O–H groups in total. The molecule has 0 aliphatic carbocycles. The Morgan fingerprint density at radius 1 is 0.658 bits per heavy atom. The summed E-state index contributed by atoms with van der Waals surface area (Å²) in [5, 5.41) is 82.5. The maximum Gasteiger partial charge on any atom is 0.335 e. The summed E-state index contributed by atoms with van der Waals surface area (Å²) in [5.74, 6) is -15.5. The number of unbranched alkanes of at least 4 members (excludes halogenated alkanes) is 6. The van der Waals surface area contributed by atoms with Crippen LogP contribution < -0.4 is 65.1 Å². The van der Waals surface area contributed by atoms with Crippen LogP contribution in [-0.2, 0) is 57.5 Å². The van der Waals surface area contributed by atoms with Gasteiger partial charge in [0.2, 0.25) is 47.3 Å². The van der Waals surface area contributed by atoms with Gasteiger partial charge in [-0.25, -0.2) is 9.59 Å². The number of cyclic esters (lactones) is 1. The largest absolute Gasteiger partial charge is 0.479 e. The van der Waals surface area contributed by atoms with E-state index in [-0.39, 0.29) is 51.7 Å². The third-order valence-corrected chi connectivity index (χ3v) is 12.6. The van der Waals surface area contributed by atoms with Crippen LogP contribution in [0.25, 0.3) is 0 Å². The topological polar surface area (TPSA) is 505 Å².